The van der Waals surface area contributed by atoms with E-state index in [-0.39, 0.29) is 11.3 Å². The summed E-state index contributed by atoms with van der Waals surface area (Å²) in [6.45, 7) is 1.21. The lowest BCUT2D eigenvalue weighted by molar-refractivity contribution is -0.385. The minimum absolute atomic E-state index is 0.129. The van der Waals surface area contributed by atoms with E-state index in [2.05, 4.69) is 5.32 Å². The SMILES string of the molecule is O=C1Nc2ccc([N+](=O)[O-])cc2[C@]1(O)N1CCCCC1. The fraction of sp³-hybridized carbons (Fsp3) is 0.462. The number of non-ortho nitro benzene ring substituents is 1. The summed E-state index contributed by atoms with van der Waals surface area (Å²) < 4.78 is 0. The van der Waals surface area contributed by atoms with Gasteiger partial charge in [-0.2, -0.15) is 0 Å². The van der Waals surface area contributed by atoms with Crippen LogP contribution in [0.2, 0.25) is 0 Å². The van der Waals surface area contributed by atoms with Gasteiger partial charge in [0.25, 0.3) is 11.6 Å². The molecular weight excluding hydrogens is 262 g/mol. The van der Waals surface area contributed by atoms with E-state index in [4.69, 9.17) is 0 Å². The number of fused-ring (bicyclic) bond motifs is 1. The minimum Gasteiger partial charge on any atom is -0.364 e. The highest BCUT2D eigenvalue weighted by molar-refractivity contribution is 6.04. The zero-order valence-electron chi connectivity index (χ0n) is 10.8. The third kappa shape index (κ3) is 1.78. The van der Waals surface area contributed by atoms with E-state index in [1.54, 1.807) is 4.90 Å². The van der Waals surface area contributed by atoms with Gasteiger partial charge < -0.3 is 10.4 Å². The standard InChI is InChI=1S/C13H15N3O4/c17-12-13(18,15-6-2-1-3-7-15)10-8-9(16(19)20)4-5-11(10)14-12/h4-5,8,18H,1-3,6-7H2,(H,14,17)/t13-/m1/s1. The molecule has 1 amide bonds. The van der Waals surface area contributed by atoms with Gasteiger partial charge in [0.05, 0.1) is 4.92 Å². The van der Waals surface area contributed by atoms with Crippen molar-refractivity contribution in [3.05, 3.63) is 33.9 Å². The van der Waals surface area contributed by atoms with Crippen molar-refractivity contribution in [3.63, 3.8) is 0 Å². The molecule has 0 radical (unpaired) electrons. The Morgan fingerprint density at radius 2 is 2.00 bits per heavy atom. The molecule has 106 valence electrons. The zero-order chi connectivity index (χ0) is 14.3. The summed E-state index contributed by atoms with van der Waals surface area (Å²) in [4.78, 5) is 24.2. The van der Waals surface area contributed by atoms with E-state index >= 15 is 0 Å². The van der Waals surface area contributed by atoms with E-state index in [1.807, 2.05) is 0 Å². The van der Waals surface area contributed by atoms with Crippen LogP contribution in [-0.2, 0) is 10.5 Å². The van der Waals surface area contributed by atoms with Gasteiger partial charge in [-0.3, -0.25) is 19.8 Å². The average molecular weight is 277 g/mol. The molecule has 3 rings (SSSR count). The summed E-state index contributed by atoms with van der Waals surface area (Å²) in [5.41, 5.74) is -1.20. The first kappa shape index (κ1) is 13.0. The van der Waals surface area contributed by atoms with Crippen LogP contribution in [0.5, 0.6) is 0 Å². The van der Waals surface area contributed by atoms with Crippen LogP contribution in [0.1, 0.15) is 24.8 Å². The molecular formula is C13H15N3O4. The summed E-state index contributed by atoms with van der Waals surface area (Å²) in [5.74, 6) is -0.533. The fourth-order valence-electron chi connectivity index (χ4n) is 2.91. The topological polar surface area (TPSA) is 95.7 Å². The molecule has 1 aromatic rings. The van der Waals surface area contributed by atoms with Crippen LogP contribution < -0.4 is 5.32 Å². The largest absolute Gasteiger partial charge is 0.364 e. The molecule has 2 N–H and O–H groups in total. The molecule has 1 saturated heterocycles. The monoisotopic (exact) mass is 277 g/mol. The Kier molecular flexibility index (Phi) is 2.95. The van der Waals surface area contributed by atoms with Gasteiger partial charge in [0.2, 0.25) is 5.72 Å². The van der Waals surface area contributed by atoms with E-state index < -0.39 is 16.6 Å². The number of hydrogen-bond acceptors (Lipinski definition) is 5. The van der Waals surface area contributed by atoms with Crippen LogP contribution in [0.3, 0.4) is 0 Å². The first-order valence-electron chi connectivity index (χ1n) is 6.61. The predicted octanol–water partition coefficient (Wildman–Crippen LogP) is 1.18. The minimum atomic E-state index is -1.79. The summed E-state index contributed by atoms with van der Waals surface area (Å²) in [5, 5.41) is 24.3. The fourth-order valence-corrected chi connectivity index (χ4v) is 2.91. The number of nitro groups is 1. The van der Waals surface area contributed by atoms with Crippen LogP contribution in [0.4, 0.5) is 11.4 Å². The van der Waals surface area contributed by atoms with Crippen molar-refractivity contribution >= 4 is 17.3 Å². The number of nitrogens with one attached hydrogen (secondary N) is 1. The van der Waals surface area contributed by atoms with Gasteiger partial charge in [-0.25, -0.2) is 0 Å². The third-order valence-electron chi connectivity index (χ3n) is 3.97. The molecule has 1 fully saturated rings. The molecule has 7 heteroatoms. The normalized spacial score (nSPS) is 26.1. The molecule has 0 spiro atoms. The first-order chi connectivity index (χ1) is 9.53. The van der Waals surface area contributed by atoms with Crippen molar-refractivity contribution in [3.8, 4) is 0 Å². The number of anilines is 1. The smallest absolute Gasteiger partial charge is 0.276 e. The van der Waals surface area contributed by atoms with E-state index in [9.17, 15) is 20.0 Å². The molecule has 2 aliphatic rings. The lowest BCUT2D eigenvalue weighted by atomic mass is 9.98. The molecule has 7 nitrogen and oxygen atoms in total. The van der Waals surface area contributed by atoms with Gasteiger partial charge in [-0.15, -0.1) is 0 Å². The first-order valence-corrected chi connectivity index (χ1v) is 6.61. The second kappa shape index (κ2) is 4.53. The van der Waals surface area contributed by atoms with E-state index in [0.717, 1.165) is 19.3 Å². The molecule has 1 aromatic carbocycles. The van der Waals surface area contributed by atoms with Crippen LogP contribution in [0, 0.1) is 10.1 Å². The Bertz CT molecular complexity index is 583. The lowest BCUT2D eigenvalue weighted by Gasteiger charge is -2.37. The van der Waals surface area contributed by atoms with Gasteiger partial charge in [-0.1, -0.05) is 6.42 Å². The Morgan fingerprint density at radius 3 is 2.65 bits per heavy atom. The van der Waals surface area contributed by atoms with Crippen LogP contribution in [-0.4, -0.2) is 33.9 Å². The Hall–Kier alpha value is -1.99. The maximum absolute atomic E-state index is 12.2. The summed E-state index contributed by atoms with van der Waals surface area (Å²) >= 11 is 0. The van der Waals surface area contributed by atoms with E-state index in [0.29, 0.717) is 18.8 Å². The van der Waals surface area contributed by atoms with Crippen LogP contribution >= 0.6 is 0 Å². The molecule has 0 aromatic heterocycles. The zero-order valence-corrected chi connectivity index (χ0v) is 10.8. The highest BCUT2D eigenvalue weighted by Gasteiger charge is 2.50. The van der Waals surface area contributed by atoms with Crippen LogP contribution in [0.25, 0.3) is 0 Å². The number of aliphatic hydroxyl groups is 1. The number of carbonyl (C=O) groups excluding carboxylic acids is 1. The van der Waals surface area contributed by atoms with E-state index in [1.165, 1.54) is 18.2 Å². The summed E-state index contributed by atoms with van der Waals surface area (Å²) in [6.07, 6.45) is 2.87. The number of likely N-dealkylation sites (tertiary alicyclic amines) is 1. The number of piperidine rings is 1. The quantitative estimate of drug-likeness (QED) is 0.625. The number of nitro benzene ring substituents is 1. The highest BCUT2D eigenvalue weighted by Crippen LogP contribution is 2.41. The molecule has 20 heavy (non-hydrogen) atoms. The van der Waals surface area contributed by atoms with Crippen molar-refractivity contribution in [2.24, 2.45) is 0 Å². The van der Waals surface area contributed by atoms with Gasteiger partial charge in [0.15, 0.2) is 0 Å². The van der Waals surface area contributed by atoms with Gasteiger partial charge in [0, 0.05) is 36.5 Å². The summed E-state index contributed by atoms with van der Waals surface area (Å²) in [6, 6.07) is 4.07. The Balaban J connectivity index is 2.06. The van der Waals surface area contributed by atoms with Crippen molar-refractivity contribution in [2.45, 2.75) is 25.0 Å². The second-order valence-electron chi connectivity index (χ2n) is 5.16. The number of hydrogen-bond donors (Lipinski definition) is 2. The maximum atomic E-state index is 12.2. The number of amides is 1. The molecule has 1 atom stereocenters. The van der Waals surface area contributed by atoms with Gasteiger partial charge in [0.1, 0.15) is 0 Å². The third-order valence-corrected chi connectivity index (χ3v) is 3.97. The Labute approximate surface area is 115 Å². The average Bonchev–Trinajstić information content (AvgIpc) is 2.72. The van der Waals surface area contributed by atoms with Gasteiger partial charge in [-0.05, 0) is 18.9 Å². The number of carbonyl (C=O) groups is 1. The van der Waals surface area contributed by atoms with Gasteiger partial charge >= 0.3 is 0 Å². The molecule has 0 aliphatic carbocycles. The molecule has 2 aliphatic heterocycles. The van der Waals surface area contributed by atoms with Crippen molar-refractivity contribution in [1.29, 1.82) is 0 Å². The molecule has 0 unspecified atom stereocenters. The number of nitrogens with zero attached hydrogens (tertiary/aromatic N) is 2. The van der Waals surface area contributed by atoms with Crippen molar-refractivity contribution < 1.29 is 14.8 Å². The lowest BCUT2D eigenvalue weighted by Crippen LogP contribution is -2.52. The Morgan fingerprint density at radius 1 is 1.30 bits per heavy atom. The summed E-state index contributed by atoms with van der Waals surface area (Å²) in [7, 11) is 0. The maximum Gasteiger partial charge on any atom is 0.276 e. The highest BCUT2D eigenvalue weighted by atomic mass is 16.6. The number of benzene rings is 1. The molecule has 2 heterocycles. The predicted molar refractivity (Wildman–Crippen MR) is 71.0 cm³/mol. The number of rotatable bonds is 2. The molecule has 0 bridgehead atoms. The molecule has 0 saturated carbocycles. The van der Waals surface area contributed by atoms with Crippen molar-refractivity contribution in [2.75, 3.05) is 18.4 Å². The second-order valence-corrected chi connectivity index (χ2v) is 5.16. The van der Waals surface area contributed by atoms with Crippen molar-refractivity contribution in [1.82, 2.24) is 4.90 Å². The van der Waals surface area contributed by atoms with Crippen LogP contribution in [0.15, 0.2) is 18.2 Å².